The fraction of sp³-hybridized carbons (Fsp3) is 0. The van der Waals surface area contributed by atoms with Crippen LogP contribution in [0.1, 0.15) is 0 Å². The van der Waals surface area contributed by atoms with Gasteiger partial charge in [0.1, 0.15) is 16.9 Å². The molecule has 0 saturated carbocycles. The number of aromatic hydroxyl groups is 1. The van der Waals surface area contributed by atoms with Gasteiger partial charge in [-0.2, -0.15) is 0 Å². The summed E-state index contributed by atoms with van der Waals surface area (Å²) in [6, 6.07) is 47.6. The summed E-state index contributed by atoms with van der Waals surface area (Å²) in [7, 11) is 0. The van der Waals surface area contributed by atoms with Gasteiger partial charge in [-0.05, 0) is 47.0 Å². The molecule has 5 nitrogen and oxygen atoms in total. The fourth-order valence-corrected chi connectivity index (χ4v) is 5.78. The molecule has 0 saturated heterocycles. The van der Waals surface area contributed by atoms with Crippen LogP contribution in [0.4, 0.5) is 0 Å². The number of hydrogen-bond donors (Lipinski definition) is 1. The fourth-order valence-electron chi connectivity index (χ4n) is 5.78. The SMILES string of the molecule is Oc1ccc(-c2ccc3c(c2)oc2ccccc23)c(-c2nc(-c3ccccc3)nc(-c3ccccc3)n2)c1-c1ccccc1. The molecule has 0 aliphatic heterocycles. The van der Waals surface area contributed by atoms with E-state index in [4.69, 9.17) is 19.4 Å². The molecule has 0 spiro atoms. The first-order valence-corrected chi connectivity index (χ1v) is 14.4. The van der Waals surface area contributed by atoms with Gasteiger partial charge in [-0.1, -0.05) is 115 Å². The van der Waals surface area contributed by atoms with Gasteiger partial charge in [0, 0.05) is 33.0 Å². The van der Waals surface area contributed by atoms with E-state index >= 15 is 0 Å². The highest BCUT2D eigenvalue weighted by molar-refractivity contribution is 6.06. The zero-order valence-electron chi connectivity index (χ0n) is 23.6. The van der Waals surface area contributed by atoms with Crippen molar-refractivity contribution in [2.75, 3.05) is 0 Å². The molecule has 0 fully saturated rings. The van der Waals surface area contributed by atoms with Crippen molar-refractivity contribution in [2.45, 2.75) is 0 Å². The first kappa shape index (κ1) is 25.6. The lowest BCUT2D eigenvalue weighted by Gasteiger charge is -2.17. The Bertz CT molecular complexity index is 2220. The number of phenolic OH excluding ortho intramolecular Hbond substituents is 1. The normalized spacial score (nSPS) is 11.3. The Balaban J connectivity index is 1.44. The van der Waals surface area contributed by atoms with Crippen LogP contribution in [-0.2, 0) is 0 Å². The number of furan rings is 1. The molecule has 44 heavy (non-hydrogen) atoms. The number of fused-ring (bicyclic) bond motifs is 3. The van der Waals surface area contributed by atoms with Gasteiger partial charge in [0.05, 0.1) is 0 Å². The van der Waals surface area contributed by atoms with Gasteiger partial charge in [0.15, 0.2) is 17.5 Å². The predicted octanol–water partition coefficient (Wildman–Crippen LogP) is 9.81. The molecule has 8 rings (SSSR count). The Morgan fingerprint density at radius 3 is 1.61 bits per heavy atom. The average molecular weight is 568 g/mol. The highest BCUT2D eigenvalue weighted by atomic mass is 16.3. The average Bonchev–Trinajstić information content (AvgIpc) is 3.47. The molecule has 0 aliphatic rings. The van der Waals surface area contributed by atoms with Crippen molar-refractivity contribution in [3.63, 3.8) is 0 Å². The summed E-state index contributed by atoms with van der Waals surface area (Å²) in [5.74, 6) is 1.71. The molecule has 2 aromatic heterocycles. The minimum atomic E-state index is 0.141. The molecule has 6 aromatic carbocycles. The van der Waals surface area contributed by atoms with E-state index in [9.17, 15) is 5.11 Å². The largest absolute Gasteiger partial charge is 0.507 e. The maximum Gasteiger partial charge on any atom is 0.165 e. The van der Waals surface area contributed by atoms with E-state index in [0.29, 0.717) is 28.6 Å². The van der Waals surface area contributed by atoms with Crippen molar-refractivity contribution in [2.24, 2.45) is 0 Å². The number of aromatic nitrogens is 3. The van der Waals surface area contributed by atoms with Gasteiger partial charge in [-0.3, -0.25) is 0 Å². The van der Waals surface area contributed by atoms with Crippen molar-refractivity contribution in [1.29, 1.82) is 0 Å². The van der Waals surface area contributed by atoms with Crippen molar-refractivity contribution >= 4 is 21.9 Å². The highest BCUT2D eigenvalue weighted by Gasteiger charge is 2.23. The predicted molar refractivity (Wildman–Crippen MR) is 176 cm³/mol. The number of nitrogens with zero attached hydrogens (tertiary/aromatic N) is 3. The highest BCUT2D eigenvalue weighted by Crippen LogP contribution is 2.45. The van der Waals surface area contributed by atoms with E-state index in [-0.39, 0.29) is 5.75 Å². The Kier molecular flexibility index (Phi) is 6.20. The minimum Gasteiger partial charge on any atom is -0.507 e. The van der Waals surface area contributed by atoms with E-state index in [1.807, 2.05) is 115 Å². The topological polar surface area (TPSA) is 72.0 Å². The maximum absolute atomic E-state index is 11.4. The number of benzene rings is 6. The zero-order chi connectivity index (χ0) is 29.5. The molecule has 2 heterocycles. The Hall–Kier alpha value is -6.07. The first-order valence-electron chi connectivity index (χ1n) is 14.4. The van der Waals surface area contributed by atoms with E-state index < -0.39 is 0 Å². The summed E-state index contributed by atoms with van der Waals surface area (Å²) in [4.78, 5) is 15.0. The van der Waals surface area contributed by atoms with Crippen LogP contribution >= 0.6 is 0 Å². The van der Waals surface area contributed by atoms with Crippen molar-refractivity contribution in [3.8, 4) is 62.2 Å². The Morgan fingerprint density at radius 2 is 0.955 bits per heavy atom. The first-order chi connectivity index (χ1) is 21.7. The summed E-state index contributed by atoms with van der Waals surface area (Å²) >= 11 is 0. The van der Waals surface area contributed by atoms with Crippen LogP contribution in [0.3, 0.4) is 0 Å². The van der Waals surface area contributed by atoms with Crippen LogP contribution in [0.5, 0.6) is 5.75 Å². The third kappa shape index (κ3) is 4.48. The second kappa shape index (κ2) is 10.6. The van der Waals surface area contributed by atoms with Crippen molar-refractivity contribution in [1.82, 2.24) is 15.0 Å². The van der Waals surface area contributed by atoms with Gasteiger partial charge in [-0.15, -0.1) is 0 Å². The number of hydrogen-bond acceptors (Lipinski definition) is 5. The summed E-state index contributed by atoms with van der Waals surface area (Å²) < 4.78 is 6.26. The van der Waals surface area contributed by atoms with Crippen LogP contribution < -0.4 is 0 Å². The van der Waals surface area contributed by atoms with Crippen LogP contribution in [0.15, 0.2) is 150 Å². The summed E-state index contributed by atoms with van der Waals surface area (Å²) in [5.41, 5.74) is 7.39. The molecule has 0 unspecified atom stereocenters. The molecule has 1 N–H and O–H groups in total. The number of phenols is 1. The lowest BCUT2D eigenvalue weighted by molar-refractivity contribution is 0.477. The third-order valence-corrected chi connectivity index (χ3v) is 7.86. The molecule has 208 valence electrons. The summed E-state index contributed by atoms with van der Waals surface area (Å²) in [5, 5.41) is 13.5. The van der Waals surface area contributed by atoms with Crippen LogP contribution in [-0.4, -0.2) is 20.1 Å². The van der Waals surface area contributed by atoms with E-state index in [0.717, 1.165) is 49.8 Å². The van der Waals surface area contributed by atoms with E-state index in [1.165, 1.54) is 0 Å². The zero-order valence-corrected chi connectivity index (χ0v) is 23.6. The molecule has 0 aliphatic carbocycles. The van der Waals surface area contributed by atoms with E-state index in [1.54, 1.807) is 6.07 Å². The van der Waals surface area contributed by atoms with Gasteiger partial charge in [-0.25, -0.2) is 15.0 Å². The molecule has 0 atom stereocenters. The molecular formula is C39H25N3O2. The smallest absolute Gasteiger partial charge is 0.165 e. The standard InChI is InChI=1S/C39H25N3O2/c43-32-23-22-29(28-20-21-31-30-18-10-11-19-33(30)44-34(31)24-28)36(35(32)25-12-4-1-5-13-25)39-41-37(26-14-6-2-7-15-26)40-38(42-39)27-16-8-3-9-17-27/h1-24,43H. The molecular weight excluding hydrogens is 542 g/mol. The quantitative estimate of drug-likeness (QED) is 0.224. The van der Waals surface area contributed by atoms with Crippen molar-refractivity contribution in [3.05, 3.63) is 146 Å². The number of rotatable bonds is 5. The van der Waals surface area contributed by atoms with Crippen LogP contribution in [0.2, 0.25) is 0 Å². The second-order valence-corrected chi connectivity index (χ2v) is 10.6. The lowest BCUT2D eigenvalue weighted by Crippen LogP contribution is -2.02. The molecule has 0 amide bonds. The molecule has 5 heteroatoms. The van der Waals surface area contributed by atoms with Gasteiger partial charge in [0.2, 0.25) is 0 Å². The molecule has 8 aromatic rings. The Morgan fingerprint density at radius 1 is 0.409 bits per heavy atom. The summed E-state index contributed by atoms with van der Waals surface area (Å²) in [6.45, 7) is 0. The van der Waals surface area contributed by atoms with Crippen molar-refractivity contribution < 1.29 is 9.52 Å². The minimum absolute atomic E-state index is 0.141. The lowest BCUT2D eigenvalue weighted by atomic mass is 9.90. The second-order valence-electron chi connectivity index (χ2n) is 10.6. The maximum atomic E-state index is 11.4. The third-order valence-electron chi connectivity index (χ3n) is 7.86. The monoisotopic (exact) mass is 567 g/mol. The van der Waals surface area contributed by atoms with Gasteiger partial charge >= 0.3 is 0 Å². The summed E-state index contributed by atoms with van der Waals surface area (Å²) in [6.07, 6.45) is 0. The van der Waals surface area contributed by atoms with E-state index in [2.05, 4.69) is 24.3 Å². The molecule has 0 radical (unpaired) electrons. The van der Waals surface area contributed by atoms with Crippen LogP contribution in [0.25, 0.3) is 78.4 Å². The Labute approximate surface area is 253 Å². The number of para-hydroxylation sites is 1. The van der Waals surface area contributed by atoms with Gasteiger partial charge < -0.3 is 9.52 Å². The van der Waals surface area contributed by atoms with Crippen LogP contribution in [0, 0.1) is 0 Å². The van der Waals surface area contributed by atoms with Gasteiger partial charge in [0.25, 0.3) is 0 Å². The molecule has 0 bridgehead atoms.